The zero-order valence-electron chi connectivity index (χ0n) is 14.0. The summed E-state index contributed by atoms with van der Waals surface area (Å²) in [4.78, 5) is 42.4. The Kier molecular flexibility index (Phi) is 5.71. The third-order valence-electron chi connectivity index (χ3n) is 3.87. The standard InChI is InChI=1S/C16H21N3O4S/c1-4-5-7-19-9-17-14-12(15(19)22)10(2)13(24-14)16(23)18(3)8-6-11(20)21/h9H,4-8H2,1-3H3,(H,20,21). The molecule has 0 spiro atoms. The maximum atomic E-state index is 12.6. The van der Waals surface area contributed by atoms with Crippen molar-refractivity contribution in [3.8, 4) is 0 Å². The molecule has 0 aliphatic heterocycles. The van der Waals surface area contributed by atoms with Gasteiger partial charge >= 0.3 is 5.97 Å². The molecule has 2 aromatic rings. The number of amides is 1. The van der Waals surface area contributed by atoms with Gasteiger partial charge in [-0.05, 0) is 18.9 Å². The number of fused-ring (bicyclic) bond motifs is 1. The van der Waals surface area contributed by atoms with E-state index in [9.17, 15) is 14.4 Å². The van der Waals surface area contributed by atoms with E-state index in [1.807, 2.05) is 0 Å². The highest BCUT2D eigenvalue weighted by Gasteiger charge is 2.22. The number of aromatic nitrogens is 2. The first-order valence-corrected chi connectivity index (χ1v) is 8.64. The number of hydrogen-bond donors (Lipinski definition) is 1. The third kappa shape index (κ3) is 3.64. The van der Waals surface area contributed by atoms with E-state index < -0.39 is 5.97 Å². The fourth-order valence-electron chi connectivity index (χ4n) is 2.39. The van der Waals surface area contributed by atoms with Crippen LogP contribution >= 0.6 is 11.3 Å². The Bertz CT molecular complexity index is 825. The quantitative estimate of drug-likeness (QED) is 0.825. The predicted molar refractivity (Wildman–Crippen MR) is 92.7 cm³/mol. The molecule has 0 unspecified atom stereocenters. The number of rotatable bonds is 7. The Morgan fingerprint density at radius 2 is 2.12 bits per heavy atom. The van der Waals surface area contributed by atoms with Gasteiger partial charge in [-0.15, -0.1) is 11.3 Å². The third-order valence-corrected chi connectivity index (χ3v) is 5.06. The van der Waals surface area contributed by atoms with Crippen molar-refractivity contribution in [3.63, 3.8) is 0 Å². The first-order valence-electron chi connectivity index (χ1n) is 7.82. The molecule has 2 rings (SSSR count). The lowest BCUT2D eigenvalue weighted by molar-refractivity contribution is -0.137. The van der Waals surface area contributed by atoms with Gasteiger partial charge in [0, 0.05) is 20.1 Å². The zero-order chi connectivity index (χ0) is 17.9. The fraction of sp³-hybridized carbons (Fsp3) is 0.500. The van der Waals surface area contributed by atoms with Crippen molar-refractivity contribution in [2.75, 3.05) is 13.6 Å². The van der Waals surface area contributed by atoms with Gasteiger partial charge in [-0.3, -0.25) is 19.0 Å². The number of aliphatic carboxylic acids is 1. The normalized spacial score (nSPS) is 11.0. The number of carboxylic acid groups (broad SMARTS) is 1. The Balaban J connectivity index is 2.37. The van der Waals surface area contributed by atoms with Crippen LogP contribution in [0, 0.1) is 6.92 Å². The number of carbonyl (C=O) groups excluding carboxylic acids is 1. The lowest BCUT2D eigenvalue weighted by Crippen LogP contribution is -2.29. The first kappa shape index (κ1) is 18.1. The summed E-state index contributed by atoms with van der Waals surface area (Å²) in [6.45, 7) is 4.52. The number of nitrogens with zero attached hydrogens (tertiary/aromatic N) is 3. The molecule has 2 heterocycles. The molecule has 0 saturated heterocycles. The van der Waals surface area contributed by atoms with E-state index >= 15 is 0 Å². The van der Waals surface area contributed by atoms with Crippen molar-refractivity contribution in [2.24, 2.45) is 0 Å². The van der Waals surface area contributed by atoms with Crippen LogP contribution in [-0.4, -0.2) is 45.0 Å². The molecular weight excluding hydrogens is 330 g/mol. The van der Waals surface area contributed by atoms with E-state index in [0.717, 1.165) is 12.8 Å². The van der Waals surface area contributed by atoms with Crippen LogP contribution in [0.3, 0.4) is 0 Å². The van der Waals surface area contributed by atoms with Crippen molar-refractivity contribution < 1.29 is 14.7 Å². The first-order chi connectivity index (χ1) is 11.4. The Morgan fingerprint density at radius 3 is 2.75 bits per heavy atom. The van der Waals surface area contributed by atoms with Gasteiger partial charge in [0.25, 0.3) is 11.5 Å². The molecule has 1 amide bonds. The molecule has 2 aromatic heterocycles. The van der Waals surface area contributed by atoms with Crippen molar-refractivity contribution in [2.45, 2.75) is 39.7 Å². The van der Waals surface area contributed by atoms with E-state index in [1.165, 1.54) is 22.6 Å². The second-order valence-corrected chi connectivity index (χ2v) is 6.70. The molecule has 24 heavy (non-hydrogen) atoms. The van der Waals surface area contributed by atoms with Gasteiger partial charge in [0.05, 0.1) is 23.0 Å². The largest absolute Gasteiger partial charge is 0.481 e. The minimum Gasteiger partial charge on any atom is -0.481 e. The van der Waals surface area contributed by atoms with Crippen LogP contribution in [0.25, 0.3) is 10.2 Å². The maximum Gasteiger partial charge on any atom is 0.305 e. The van der Waals surface area contributed by atoms with Gasteiger partial charge in [0.15, 0.2) is 0 Å². The minimum absolute atomic E-state index is 0.117. The summed E-state index contributed by atoms with van der Waals surface area (Å²) in [6, 6.07) is 0. The SMILES string of the molecule is CCCCn1cnc2sc(C(=O)N(C)CCC(=O)O)c(C)c2c1=O. The Hall–Kier alpha value is -2.22. The van der Waals surface area contributed by atoms with Gasteiger partial charge < -0.3 is 10.0 Å². The molecule has 0 radical (unpaired) electrons. The molecule has 0 aromatic carbocycles. The monoisotopic (exact) mass is 351 g/mol. The molecule has 0 saturated carbocycles. The summed E-state index contributed by atoms with van der Waals surface area (Å²) >= 11 is 1.18. The molecule has 0 fully saturated rings. The number of carboxylic acids is 1. The summed E-state index contributed by atoms with van der Waals surface area (Å²) in [5, 5.41) is 9.21. The second-order valence-electron chi connectivity index (χ2n) is 5.70. The average Bonchev–Trinajstić information content (AvgIpc) is 2.88. The summed E-state index contributed by atoms with van der Waals surface area (Å²) in [5.74, 6) is -1.24. The van der Waals surface area contributed by atoms with E-state index in [4.69, 9.17) is 5.11 Å². The molecule has 0 atom stereocenters. The van der Waals surface area contributed by atoms with Gasteiger partial charge in [-0.25, -0.2) is 4.98 Å². The lowest BCUT2D eigenvalue weighted by Gasteiger charge is -2.15. The lowest BCUT2D eigenvalue weighted by atomic mass is 10.2. The highest BCUT2D eigenvalue weighted by Crippen LogP contribution is 2.27. The van der Waals surface area contributed by atoms with Gasteiger partial charge in [0.1, 0.15) is 4.83 Å². The Morgan fingerprint density at radius 1 is 1.42 bits per heavy atom. The zero-order valence-corrected chi connectivity index (χ0v) is 14.9. The molecular formula is C16H21N3O4S. The van der Waals surface area contributed by atoms with Crippen LogP contribution in [0.1, 0.15) is 41.4 Å². The van der Waals surface area contributed by atoms with Gasteiger partial charge in [0.2, 0.25) is 0 Å². The summed E-state index contributed by atoms with van der Waals surface area (Å²) in [6.07, 6.45) is 3.28. The van der Waals surface area contributed by atoms with Crippen molar-refractivity contribution in [1.29, 1.82) is 0 Å². The highest BCUT2D eigenvalue weighted by atomic mass is 32.1. The van der Waals surface area contributed by atoms with Crippen LogP contribution in [0.4, 0.5) is 0 Å². The number of hydrogen-bond acceptors (Lipinski definition) is 5. The molecule has 0 aliphatic rings. The number of thiophene rings is 1. The molecule has 130 valence electrons. The summed E-state index contributed by atoms with van der Waals surface area (Å²) in [5.41, 5.74) is 0.486. The number of carbonyl (C=O) groups is 2. The number of aryl methyl sites for hydroxylation is 2. The molecule has 1 N–H and O–H groups in total. The predicted octanol–water partition coefficient (Wildman–Crippen LogP) is 2.11. The smallest absolute Gasteiger partial charge is 0.305 e. The maximum absolute atomic E-state index is 12.6. The van der Waals surface area contributed by atoms with Gasteiger partial charge in [-0.2, -0.15) is 0 Å². The van der Waals surface area contributed by atoms with Crippen molar-refractivity contribution >= 4 is 33.4 Å². The fourth-order valence-corrected chi connectivity index (χ4v) is 3.52. The highest BCUT2D eigenvalue weighted by molar-refractivity contribution is 7.20. The van der Waals surface area contributed by atoms with E-state index in [1.54, 1.807) is 18.5 Å². The van der Waals surface area contributed by atoms with Crippen molar-refractivity contribution in [3.05, 3.63) is 27.1 Å². The summed E-state index contributed by atoms with van der Waals surface area (Å²) in [7, 11) is 1.56. The molecule has 0 aliphatic carbocycles. The molecule has 8 heteroatoms. The molecule has 0 bridgehead atoms. The van der Waals surface area contributed by atoms with Crippen LogP contribution in [0.2, 0.25) is 0 Å². The van der Waals surface area contributed by atoms with Gasteiger partial charge in [-0.1, -0.05) is 13.3 Å². The minimum atomic E-state index is -0.955. The number of unbranched alkanes of at least 4 members (excludes halogenated alkanes) is 1. The van der Waals surface area contributed by atoms with Crippen LogP contribution in [0.5, 0.6) is 0 Å². The van der Waals surface area contributed by atoms with E-state index in [0.29, 0.717) is 27.2 Å². The van der Waals surface area contributed by atoms with E-state index in [2.05, 4.69) is 11.9 Å². The summed E-state index contributed by atoms with van der Waals surface area (Å²) < 4.78 is 1.58. The van der Waals surface area contributed by atoms with Crippen LogP contribution < -0.4 is 5.56 Å². The topological polar surface area (TPSA) is 92.5 Å². The van der Waals surface area contributed by atoms with Crippen molar-refractivity contribution in [1.82, 2.24) is 14.5 Å². The molecule has 7 nitrogen and oxygen atoms in total. The van der Waals surface area contributed by atoms with E-state index in [-0.39, 0.29) is 24.4 Å². The van der Waals surface area contributed by atoms with Crippen LogP contribution in [-0.2, 0) is 11.3 Å². The average molecular weight is 351 g/mol. The second kappa shape index (κ2) is 7.57. The Labute approximate surface area is 143 Å². The van der Waals surface area contributed by atoms with Crippen LogP contribution in [0.15, 0.2) is 11.1 Å².